The lowest BCUT2D eigenvalue weighted by atomic mass is 10.5. The third kappa shape index (κ3) is 4.62. The Hall–Kier alpha value is -1.93. The Morgan fingerprint density at radius 2 is 2.24 bits per heavy atom. The summed E-state index contributed by atoms with van der Waals surface area (Å²) < 4.78 is 5.75. The van der Waals surface area contributed by atoms with E-state index in [1.165, 1.54) is 13.3 Å². The van der Waals surface area contributed by atoms with E-state index in [1.807, 2.05) is 4.98 Å². The molecule has 0 bridgehead atoms. The van der Waals surface area contributed by atoms with Crippen LogP contribution in [0.25, 0.3) is 0 Å². The fourth-order valence-electron chi connectivity index (χ4n) is 1.01. The minimum absolute atomic E-state index is 0.211. The highest BCUT2D eigenvalue weighted by Crippen LogP contribution is 1.78. The van der Waals surface area contributed by atoms with Gasteiger partial charge in [0.05, 0.1) is 13.2 Å². The number of nitrogens with zero attached hydrogens (tertiary/aromatic N) is 1. The number of hydrogen-bond donors (Lipinski definition) is 2. The Morgan fingerprint density at radius 1 is 1.47 bits per heavy atom. The van der Waals surface area contributed by atoms with Crippen LogP contribution in [0.3, 0.4) is 0 Å². The molecule has 0 saturated carbocycles. The van der Waals surface area contributed by atoms with E-state index in [4.69, 9.17) is 9.57 Å². The highest BCUT2D eigenvalue weighted by molar-refractivity contribution is 5.74. The van der Waals surface area contributed by atoms with Crippen molar-refractivity contribution in [3.8, 4) is 0 Å². The Bertz CT molecular complexity index is 478. The minimum Gasteiger partial charge on any atom is -0.382 e. The molecule has 0 aliphatic heterocycles. The van der Waals surface area contributed by atoms with Crippen LogP contribution in [0.2, 0.25) is 0 Å². The Kier molecular flexibility index (Phi) is 5.11. The number of ether oxygens (including phenoxy) is 1. The van der Waals surface area contributed by atoms with Gasteiger partial charge in [0.25, 0.3) is 11.5 Å². The highest BCUT2D eigenvalue weighted by Gasteiger charge is 2.04. The Morgan fingerprint density at radius 3 is 2.88 bits per heavy atom. The van der Waals surface area contributed by atoms with E-state index in [1.54, 1.807) is 0 Å². The summed E-state index contributed by atoms with van der Waals surface area (Å²) in [5, 5.41) is 0. The van der Waals surface area contributed by atoms with Crippen molar-refractivity contribution in [2.75, 3.05) is 20.3 Å². The highest BCUT2D eigenvalue weighted by atomic mass is 16.7. The first-order valence-corrected chi connectivity index (χ1v) is 4.83. The summed E-state index contributed by atoms with van der Waals surface area (Å²) in [7, 11) is 1.51. The standard InChI is InChI=1S/C9H13N3O5/c1-16-4-5-17-11-8(14)6-12-3-2-7(13)10-9(12)15/h2-3H,4-6H2,1H3,(H,11,14)(H,10,13,15). The molecule has 0 radical (unpaired) electrons. The van der Waals surface area contributed by atoms with Crippen molar-refractivity contribution in [1.29, 1.82) is 0 Å². The second kappa shape index (κ2) is 6.61. The monoisotopic (exact) mass is 243 g/mol. The number of methoxy groups -OCH3 is 1. The third-order valence-corrected chi connectivity index (χ3v) is 1.79. The predicted molar refractivity (Wildman–Crippen MR) is 57.3 cm³/mol. The van der Waals surface area contributed by atoms with Crippen LogP contribution in [-0.2, 0) is 20.9 Å². The van der Waals surface area contributed by atoms with Crippen LogP contribution >= 0.6 is 0 Å². The first-order valence-electron chi connectivity index (χ1n) is 4.83. The molecule has 0 unspecified atom stereocenters. The fraction of sp³-hybridized carbons (Fsp3) is 0.444. The molecule has 0 aliphatic carbocycles. The van der Waals surface area contributed by atoms with E-state index in [9.17, 15) is 14.4 Å². The molecule has 1 heterocycles. The maximum Gasteiger partial charge on any atom is 0.328 e. The molecule has 2 N–H and O–H groups in total. The minimum atomic E-state index is -0.649. The summed E-state index contributed by atoms with van der Waals surface area (Å²) in [4.78, 5) is 40.1. The van der Waals surface area contributed by atoms with Gasteiger partial charge < -0.3 is 4.74 Å². The first-order chi connectivity index (χ1) is 8.13. The summed E-state index contributed by atoms with van der Waals surface area (Å²) in [6, 6.07) is 1.15. The number of aromatic amines is 1. The number of carbonyl (C=O) groups excluding carboxylic acids is 1. The second-order valence-corrected chi connectivity index (χ2v) is 3.10. The normalized spacial score (nSPS) is 10.2. The molecule has 0 aliphatic rings. The number of rotatable bonds is 6. The van der Waals surface area contributed by atoms with Gasteiger partial charge in [-0.2, -0.15) is 0 Å². The Labute approximate surface area is 96.1 Å². The zero-order valence-electron chi connectivity index (χ0n) is 9.26. The summed E-state index contributed by atoms with van der Waals surface area (Å²) in [5.41, 5.74) is 0.977. The van der Waals surface area contributed by atoms with Crippen molar-refractivity contribution < 1.29 is 14.4 Å². The van der Waals surface area contributed by atoms with Crippen LogP contribution in [0.5, 0.6) is 0 Å². The van der Waals surface area contributed by atoms with Crippen LogP contribution in [0, 0.1) is 0 Å². The predicted octanol–water partition coefficient (Wildman–Crippen LogP) is -1.77. The van der Waals surface area contributed by atoms with Crippen LogP contribution in [0.1, 0.15) is 0 Å². The number of hydrogen-bond acceptors (Lipinski definition) is 5. The zero-order chi connectivity index (χ0) is 12.7. The van der Waals surface area contributed by atoms with Gasteiger partial charge in [-0.1, -0.05) is 0 Å². The van der Waals surface area contributed by atoms with Crippen LogP contribution in [0.15, 0.2) is 21.9 Å². The number of nitrogens with one attached hydrogen (secondary N) is 2. The molecular formula is C9H13N3O5. The molecular weight excluding hydrogens is 230 g/mol. The van der Waals surface area contributed by atoms with Gasteiger partial charge in [0.1, 0.15) is 6.54 Å². The number of carbonyl (C=O) groups is 1. The maximum absolute atomic E-state index is 11.3. The molecule has 94 valence electrons. The fourth-order valence-corrected chi connectivity index (χ4v) is 1.01. The van der Waals surface area contributed by atoms with E-state index in [-0.39, 0.29) is 13.2 Å². The molecule has 17 heavy (non-hydrogen) atoms. The van der Waals surface area contributed by atoms with Gasteiger partial charge in [-0.3, -0.25) is 24.0 Å². The molecule has 0 fully saturated rings. The van der Waals surface area contributed by atoms with Crippen molar-refractivity contribution in [2.24, 2.45) is 0 Å². The molecule has 0 spiro atoms. The second-order valence-electron chi connectivity index (χ2n) is 3.10. The molecule has 0 aromatic carbocycles. The number of aromatic nitrogens is 2. The van der Waals surface area contributed by atoms with Crippen LogP contribution in [0.4, 0.5) is 0 Å². The lowest BCUT2D eigenvalue weighted by Gasteiger charge is -2.06. The van der Waals surface area contributed by atoms with Gasteiger partial charge in [0.15, 0.2) is 0 Å². The van der Waals surface area contributed by atoms with Gasteiger partial charge in [-0.05, 0) is 0 Å². The van der Waals surface area contributed by atoms with Gasteiger partial charge in [-0.15, -0.1) is 0 Å². The van der Waals surface area contributed by atoms with E-state index in [2.05, 4.69) is 5.48 Å². The number of hydroxylamine groups is 1. The summed E-state index contributed by atoms with van der Waals surface area (Å²) in [6.45, 7) is 0.324. The molecule has 1 rings (SSSR count). The zero-order valence-corrected chi connectivity index (χ0v) is 9.26. The van der Waals surface area contributed by atoms with Crippen molar-refractivity contribution in [2.45, 2.75) is 6.54 Å². The van der Waals surface area contributed by atoms with Crippen molar-refractivity contribution in [3.63, 3.8) is 0 Å². The quantitative estimate of drug-likeness (QED) is 0.454. The lowest BCUT2D eigenvalue weighted by molar-refractivity contribution is -0.135. The maximum atomic E-state index is 11.3. The van der Waals surface area contributed by atoms with Gasteiger partial charge in [-0.25, -0.2) is 10.3 Å². The Balaban J connectivity index is 2.45. The van der Waals surface area contributed by atoms with Crippen molar-refractivity contribution >= 4 is 5.91 Å². The molecule has 1 amide bonds. The number of amides is 1. The summed E-state index contributed by atoms with van der Waals surface area (Å²) in [5.74, 6) is -0.504. The molecule has 8 heteroatoms. The van der Waals surface area contributed by atoms with E-state index >= 15 is 0 Å². The van der Waals surface area contributed by atoms with Gasteiger partial charge in [0.2, 0.25) is 0 Å². The number of H-pyrrole nitrogens is 1. The molecule has 1 aromatic heterocycles. The van der Waals surface area contributed by atoms with E-state index in [0.717, 1.165) is 10.6 Å². The molecule has 0 atom stereocenters. The lowest BCUT2D eigenvalue weighted by Crippen LogP contribution is -2.35. The molecule has 8 nitrogen and oxygen atoms in total. The largest absolute Gasteiger partial charge is 0.382 e. The average molecular weight is 243 g/mol. The topological polar surface area (TPSA) is 102 Å². The van der Waals surface area contributed by atoms with E-state index < -0.39 is 17.2 Å². The summed E-state index contributed by atoms with van der Waals surface area (Å²) in [6.07, 6.45) is 1.23. The smallest absolute Gasteiger partial charge is 0.328 e. The van der Waals surface area contributed by atoms with Crippen LogP contribution in [-0.4, -0.2) is 35.8 Å². The molecule has 0 saturated heterocycles. The first kappa shape index (κ1) is 13.1. The van der Waals surface area contributed by atoms with Gasteiger partial charge >= 0.3 is 5.69 Å². The van der Waals surface area contributed by atoms with Crippen molar-refractivity contribution in [1.82, 2.24) is 15.0 Å². The average Bonchev–Trinajstić information content (AvgIpc) is 2.28. The molecule has 1 aromatic rings. The van der Waals surface area contributed by atoms with Crippen molar-refractivity contribution in [3.05, 3.63) is 33.1 Å². The van der Waals surface area contributed by atoms with E-state index in [0.29, 0.717) is 6.61 Å². The summed E-state index contributed by atoms with van der Waals surface area (Å²) >= 11 is 0. The van der Waals surface area contributed by atoms with Crippen LogP contribution < -0.4 is 16.7 Å². The SMILES string of the molecule is COCCONC(=O)Cn1ccc(=O)[nH]c1=O. The van der Waals surface area contributed by atoms with Gasteiger partial charge in [0, 0.05) is 19.4 Å². The third-order valence-electron chi connectivity index (χ3n) is 1.79.